The average molecular weight is 436 g/mol. The summed E-state index contributed by atoms with van der Waals surface area (Å²) in [6, 6.07) is 0.0283. The molecule has 0 spiro atoms. The first-order valence-electron chi connectivity index (χ1n) is 8.81. The van der Waals surface area contributed by atoms with E-state index in [4.69, 9.17) is 0 Å². The van der Waals surface area contributed by atoms with E-state index in [0.29, 0.717) is 19.1 Å². The second-order valence-electron chi connectivity index (χ2n) is 6.64. The summed E-state index contributed by atoms with van der Waals surface area (Å²) in [5.74, 6) is -10.2. The number of nitrogens with one attached hydrogen (secondary N) is 3. The van der Waals surface area contributed by atoms with Crippen LogP contribution >= 0.6 is 11.8 Å². The Morgan fingerprint density at radius 1 is 1.07 bits per heavy atom. The molecule has 2 heterocycles. The Morgan fingerprint density at radius 3 is 2.41 bits per heavy atom. The number of fused-ring (bicyclic) bond motifs is 1. The van der Waals surface area contributed by atoms with Gasteiger partial charge in [-0.15, -0.1) is 0 Å². The molecule has 0 aromatic heterocycles. The summed E-state index contributed by atoms with van der Waals surface area (Å²) in [7, 11) is 0. The van der Waals surface area contributed by atoms with Gasteiger partial charge in [0.15, 0.2) is 23.3 Å². The van der Waals surface area contributed by atoms with Crippen molar-refractivity contribution in [2.45, 2.75) is 43.0 Å². The minimum absolute atomic E-state index is 0.0739. The van der Waals surface area contributed by atoms with Crippen molar-refractivity contribution in [2.24, 2.45) is 5.10 Å². The molecule has 12 heteroatoms. The van der Waals surface area contributed by atoms with Gasteiger partial charge in [-0.05, 0) is 12.8 Å². The first-order chi connectivity index (χ1) is 13.8. The Kier molecular flexibility index (Phi) is 6.60. The number of amides is 3. The third kappa shape index (κ3) is 4.62. The summed E-state index contributed by atoms with van der Waals surface area (Å²) >= 11 is 1.75. The Hall–Kier alpha value is -2.37. The molecule has 6 nitrogen and oxygen atoms in total. The third-order valence-corrected chi connectivity index (χ3v) is 6.22. The largest absolute Gasteiger partial charge is 0.332 e. The molecule has 3 amide bonds. The number of carbonyl (C=O) groups is 2. The van der Waals surface area contributed by atoms with E-state index in [0.717, 1.165) is 12.2 Å². The van der Waals surface area contributed by atoms with E-state index in [1.165, 1.54) is 0 Å². The first-order valence-corrected chi connectivity index (χ1v) is 9.86. The average Bonchev–Trinajstić information content (AvgIpc) is 3.24. The van der Waals surface area contributed by atoms with Crippen LogP contribution in [0.5, 0.6) is 0 Å². The van der Waals surface area contributed by atoms with Crippen molar-refractivity contribution >= 4 is 29.9 Å². The molecule has 2 aliphatic rings. The van der Waals surface area contributed by atoms with Gasteiger partial charge in [-0.3, -0.25) is 4.79 Å². The van der Waals surface area contributed by atoms with Crippen molar-refractivity contribution in [1.29, 1.82) is 0 Å². The monoisotopic (exact) mass is 436 g/mol. The summed E-state index contributed by atoms with van der Waals surface area (Å²) in [6.45, 7) is 0. The Balaban J connectivity index is 1.42. The second kappa shape index (κ2) is 8.97. The van der Waals surface area contributed by atoms with E-state index in [1.807, 2.05) is 5.43 Å². The van der Waals surface area contributed by atoms with Crippen molar-refractivity contribution in [1.82, 2.24) is 16.1 Å². The number of benzene rings is 1. The first kappa shape index (κ1) is 21.3. The van der Waals surface area contributed by atoms with Crippen LogP contribution in [0, 0.1) is 29.1 Å². The summed E-state index contributed by atoms with van der Waals surface area (Å²) in [4.78, 5) is 23.0. The molecule has 1 aromatic rings. The Morgan fingerprint density at radius 2 is 1.72 bits per heavy atom. The quantitative estimate of drug-likeness (QED) is 0.117. The lowest BCUT2D eigenvalue weighted by atomic mass is 10.0. The molecule has 0 aliphatic carbocycles. The van der Waals surface area contributed by atoms with Gasteiger partial charge in [-0.2, -0.15) is 16.9 Å². The standard InChI is InChI=1S/C17H17F5N4O2S/c18-11-7(12(19)14(21)15(22)13(11)20)5-23-26-10(27)4-2-1-3-9-16-8(6-29-9)24-17(28)25-16/h5,8-9,16H,1-4,6H2,(H,26,27)(H2,24,25,28)/b23-5-/t8-,9+,16-/m0/s1. The van der Waals surface area contributed by atoms with Crippen LogP contribution in [-0.4, -0.2) is 41.2 Å². The van der Waals surface area contributed by atoms with Crippen LogP contribution in [0.1, 0.15) is 31.2 Å². The van der Waals surface area contributed by atoms with Crippen molar-refractivity contribution in [3.05, 3.63) is 34.6 Å². The number of nitrogens with zero attached hydrogens (tertiary/aromatic N) is 1. The van der Waals surface area contributed by atoms with Gasteiger partial charge in [0.05, 0.1) is 23.9 Å². The highest BCUT2D eigenvalue weighted by Gasteiger charge is 2.42. The molecular formula is C17H17F5N4O2S. The molecule has 0 saturated carbocycles. The van der Waals surface area contributed by atoms with Gasteiger partial charge in [0.1, 0.15) is 0 Å². The molecular weight excluding hydrogens is 419 g/mol. The zero-order valence-electron chi connectivity index (χ0n) is 14.9. The number of thioether (sulfide) groups is 1. The van der Waals surface area contributed by atoms with Crippen molar-refractivity contribution in [2.75, 3.05) is 5.75 Å². The van der Waals surface area contributed by atoms with E-state index < -0.39 is 40.6 Å². The molecule has 3 rings (SSSR count). The van der Waals surface area contributed by atoms with Gasteiger partial charge in [-0.1, -0.05) is 6.42 Å². The minimum atomic E-state index is -2.26. The highest BCUT2D eigenvalue weighted by Crippen LogP contribution is 2.33. The van der Waals surface area contributed by atoms with Crippen LogP contribution in [-0.2, 0) is 4.79 Å². The molecule has 1 aromatic carbocycles. The maximum absolute atomic E-state index is 13.5. The van der Waals surface area contributed by atoms with E-state index in [-0.39, 0.29) is 29.8 Å². The summed E-state index contributed by atoms with van der Waals surface area (Å²) in [5, 5.41) is 9.23. The van der Waals surface area contributed by atoms with Gasteiger partial charge < -0.3 is 10.6 Å². The fourth-order valence-corrected chi connectivity index (χ4v) is 4.78. The van der Waals surface area contributed by atoms with E-state index in [1.54, 1.807) is 11.8 Å². The number of halogens is 5. The molecule has 2 fully saturated rings. The fourth-order valence-electron chi connectivity index (χ4n) is 3.23. The molecule has 0 radical (unpaired) electrons. The zero-order chi connectivity index (χ0) is 21.1. The highest BCUT2D eigenvalue weighted by molar-refractivity contribution is 8.00. The summed E-state index contributed by atoms with van der Waals surface area (Å²) in [6.07, 6.45) is 2.48. The smallest absolute Gasteiger partial charge is 0.315 e. The van der Waals surface area contributed by atoms with Crippen LogP contribution in [0.3, 0.4) is 0 Å². The topological polar surface area (TPSA) is 82.6 Å². The lowest BCUT2D eigenvalue weighted by Gasteiger charge is -2.16. The van der Waals surface area contributed by atoms with Gasteiger partial charge >= 0.3 is 6.03 Å². The number of carbonyl (C=O) groups excluding carboxylic acids is 2. The van der Waals surface area contributed by atoms with Crippen LogP contribution in [0.15, 0.2) is 5.10 Å². The Labute approximate surface area is 166 Å². The van der Waals surface area contributed by atoms with Crippen LogP contribution in [0.4, 0.5) is 26.7 Å². The second-order valence-corrected chi connectivity index (χ2v) is 7.92. The highest BCUT2D eigenvalue weighted by atomic mass is 32.2. The predicted molar refractivity (Wildman–Crippen MR) is 95.9 cm³/mol. The van der Waals surface area contributed by atoms with Crippen molar-refractivity contribution < 1.29 is 31.5 Å². The Bertz CT molecular complexity index is 825. The van der Waals surface area contributed by atoms with Crippen molar-refractivity contribution in [3.8, 4) is 0 Å². The zero-order valence-corrected chi connectivity index (χ0v) is 15.7. The van der Waals surface area contributed by atoms with Crippen LogP contribution in [0.25, 0.3) is 0 Å². The molecule has 3 N–H and O–H groups in total. The minimum Gasteiger partial charge on any atom is -0.332 e. The predicted octanol–water partition coefficient (Wildman–Crippen LogP) is 2.56. The summed E-state index contributed by atoms with van der Waals surface area (Å²) in [5.41, 5.74) is 0.762. The van der Waals surface area contributed by atoms with E-state index in [2.05, 4.69) is 15.7 Å². The summed E-state index contributed by atoms with van der Waals surface area (Å²) < 4.78 is 66.1. The molecule has 2 saturated heterocycles. The normalized spacial score (nSPS) is 23.2. The van der Waals surface area contributed by atoms with Crippen molar-refractivity contribution in [3.63, 3.8) is 0 Å². The molecule has 158 valence electrons. The molecule has 29 heavy (non-hydrogen) atoms. The number of hydrazone groups is 1. The van der Waals surface area contributed by atoms with Crippen LogP contribution in [0.2, 0.25) is 0 Å². The maximum Gasteiger partial charge on any atom is 0.315 e. The number of unbranched alkanes of at least 4 members (excludes halogenated alkanes) is 1. The molecule has 2 aliphatic heterocycles. The van der Waals surface area contributed by atoms with E-state index in [9.17, 15) is 31.5 Å². The molecule has 3 atom stereocenters. The third-order valence-electron chi connectivity index (χ3n) is 4.71. The van der Waals surface area contributed by atoms with Gasteiger partial charge in [0.2, 0.25) is 11.7 Å². The lowest BCUT2D eigenvalue weighted by Crippen LogP contribution is -2.36. The SMILES string of the molecule is O=C(CCCC[C@H]1SC[C@@H]2NC(=O)N[C@@H]21)N/N=C\c1c(F)c(F)c(F)c(F)c1F. The maximum atomic E-state index is 13.5. The molecule has 0 bridgehead atoms. The van der Waals surface area contributed by atoms with Crippen LogP contribution < -0.4 is 16.1 Å². The number of rotatable bonds is 7. The van der Waals surface area contributed by atoms with E-state index >= 15 is 0 Å². The number of hydrogen-bond donors (Lipinski definition) is 3. The number of hydrogen-bond acceptors (Lipinski definition) is 4. The number of urea groups is 1. The van der Waals surface area contributed by atoms with Gasteiger partial charge in [-0.25, -0.2) is 32.2 Å². The molecule has 0 unspecified atom stereocenters. The van der Waals surface area contributed by atoms with Gasteiger partial charge in [0, 0.05) is 17.4 Å². The fraction of sp³-hybridized carbons (Fsp3) is 0.471. The van der Waals surface area contributed by atoms with Gasteiger partial charge in [0.25, 0.3) is 0 Å². The lowest BCUT2D eigenvalue weighted by molar-refractivity contribution is -0.121.